The second-order valence-corrected chi connectivity index (χ2v) is 12.7. The lowest BCUT2D eigenvalue weighted by Gasteiger charge is -2.36. The molecule has 3 aromatic rings. The molecule has 3 N–H and O–H groups in total. The highest BCUT2D eigenvalue weighted by atomic mass is 32.2. The van der Waals surface area contributed by atoms with E-state index in [9.17, 15) is 4.79 Å². The summed E-state index contributed by atoms with van der Waals surface area (Å²) in [6.45, 7) is 12.2. The summed E-state index contributed by atoms with van der Waals surface area (Å²) in [6.07, 6.45) is 0.892. The van der Waals surface area contributed by atoms with Crippen molar-refractivity contribution in [2.45, 2.75) is 35.5 Å². The summed E-state index contributed by atoms with van der Waals surface area (Å²) < 4.78 is 5.40. The third kappa shape index (κ3) is 7.61. The van der Waals surface area contributed by atoms with Crippen molar-refractivity contribution in [2.75, 3.05) is 72.2 Å². The molecule has 8 nitrogen and oxygen atoms in total. The Balaban J connectivity index is 0.000000194. The minimum atomic E-state index is -0.345. The number of aliphatic imine (C=N–C) groups is 1. The molecule has 6 rings (SSSR count). The molecular weight excluding hydrogens is 582 g/mol. The molecule has 0 radical (unpaired) electrons. The number of ether oxygens (including phenoxy) is 1. The Morgan fingerprint density at radius 1 is 0.956 bits per heavy atom. The van der Waals surface area contributed by atoms with Gasteiger partial charge in [-0.25, -0.2) is 4.99 Å². The number of para-hydroxylation sites is 1. The highest BCUT2D eigenvalue weighted by Crippen LogP contribution is 2.55. The largest absolute Gasteiger partial charge is 0.394 e. The van der Waals surface area contributed by atoms with Gasteiger partial charge in [0.15, 0.2) is 0 Å². The second kappa shape index (κ2) is 15.9. The molecule has 0 unspecified atom stereocenters. The number of carbonyl (C=O) groups is 1. The zero-order valence-corrected chi connectivity index (χ0v) is 27.4. The molecule has 3 aromatic carbocycles. The van der Waals surface area contributed by atoms with Gasteiger partial charge in [-0.3, -0.25) is 9.69 Å². The van der Waals surface area contributed by atoms with Gasteiger partial charge in [0.2, 0.25) is 5.91 Å². The summed E-state index contributed by atoms with van der Waals surface area (Å²) >= 11 is 1.80. The minimum Gasteiger partial charge on any atom is -0.394 e. The maximum absolute atomic E-state index is 12.7. The monoisotopic (exact) mass is 629 g/mol. The molecule has 1 aliphatic carbocycles. The summed E-state index contributed by atoms with van der Waals surface area (Å²) in [4.78, 5) is 27.0. The van der Waals surface area contributed by atoms with Crippen LogP contribution in [0.15, 0.2) is 93.6 Å². The van der Waals surface area contributed by atoms with E-state index >= 15 is 0 Å². The van der Waals surface area contributed by atoms with Gasteiger partial charge in [-0.15, -0.1) is 0 Å². The van der Waals surface area contributed by atoms with E-state index in [1.807, 2.05) is 36.9 Å². The number of aliphatic hydroxyl groups is 1. The number of hydrogen-bond acceptors (Lipinski definition) is 8. The Bertz CT molecular complexity index is 1420. The fourth-order valence-corrected chi connectivity index (χ4v) is 7.35. The molecule has 1 amide bonds. The van der Waals surface area contributed by atoms with Crippen LogP contribution in [0.1, 0.15) is 31.4 Å². The van der Waals surface area contributed by atoms with Crippen molar-refractivity contribution in [2.24, 2.45) is 16.6 Å². The number of carbonyl (C=O) groups excluding carboxylic acids is 1. The van der Waals surface area contributed by atoms with Crippen LogP contribution < -0.4 is 5.73 Å². The van der Waals surface area contributed by atoms with Gasteiger partial charge in [0.1, 0.15) is 5.84 Å². The summed E-state index contributed by atoms with van der Waals surface area (Å²) in [5.41, 5.74) is 8.84. The molecule has 0 bridgehead atoms. The number of hydrogen-bond donors (Lipinski definition) is 2. The summed E-state index contributed by atoms with van der Waals surface area (Å²) in [7, 11) is 0. The third-order valence-electron chi connectivity index (χ3n) is 9.01. The van der Waals surface area contributed by atoms with Crippen molar-refractivity contribution < 1.29 is 14.6 Å². The van der Waals surface area contributed by atoms with Gasteiger partial charge in [-0.2, -0.15) is 0 Å². The van der Waals surface area contributed by atoms with E-state index in [2.05, 4.69) is 70.5 Å². The average Bonchev–Trinajstić information content (AvgIpc) is 3.87. The number of nitrogens with zero attached hydrogens (tertiary/aromatic N) is 4. The number of aliphatic hydroxyl groups excluding tert-OH is 1. The van der Waals surface area contributed by atoms with Gasteiger partial charge in [0, 0.05) is 61.2 Å². The highest BCUT2D eigenvalue weighted by molar-refractivity contribution is 7.99. The first-order chi connectivity index (χ1) is 22.0. The topological polar surface area (TPSA) is 94.6 Å². The standard InChI is InChI=1S/C21H25N3O2S.C15H22N2O/c25-14-16-26-15-13-23-9-11-24(12-10-23)21-17-5-1-3-7-19(17)27-20-8-4-2-6-18(20)22-21;1-3-17(4-2)14(18)15(10-13(15)11-16)12-8-6-5-7-9-12/h1-8,25H,9-16H2;5-9,13H,3-4,10-11,16H2,1-2H3/t;13-,15+/m.1/s1. The Labute approximate surface area is 272 Å². The molecule has 3 aliphatic rings. The van der Waals surface area contributed by atoms with E-state index < -0.39 is 0 Å². The van der Waals surface area contributed by atoms with Crippen LogP contribution >= 0.6 is 11.8 Å². The van der Waals surface area contributed by atoms with Crippen molar-refractivity contribution in [3.05, 3.63) is 90.0 Å². The molecule has 1 saturated heterocycles. The van der Waals surface area contributed by atoms with Crippen LogP contribution in [0.4, 0.5) is 5.69 Å². The number of fused-ring (bicyclic) bond motifs is 2. The van der Waals surface area contributed by atoms with E-state index in [1.165, 1.54) is 15.4 Å². The van der Waals surface area contributed by atoms with Gasteiger partial charge in [-0.05, 0) is 56.5 Å². The number of rotatable bonds is 10. The van der Waals surface area contributed by atoms with E-state index in [0.29, 0.717) is 25.7 Å². The van der Waals surface area contributed by atoms with Crippen LogP contribution in [0.25, 0.3) is 0 Å². The maximum Gasteiger partial charge on any atom is 0.233 e. The highest BCUT2D eigenvalue weighted by Gasteiger charge is 2.61. The number of amides is 1. The van der Waals surface area contributed by atoms with Crippen LogP contribution in [-0.4, -0.2) is 104 Å². The zero-order chi connectivity index (χ0) is 31.6. The van der Waals surface area contributed by atoms with Crippen molar-refractivity contribution in [3.63, 3.8) is 0 Å². The molecule has 2 heterocycles. The molecule has 0 spiro atoms. The number of nitrogens with two attached hydrogens (primary N) is 1. The Morgan fingerprint density at radius 3 is 2.29 bits per heavy atom. The number of amidine groups is 1. The van der Waals surface area contributed by atoms with Gasteiger partial charge in [0.25, 0.3) is 0 Å². The minimum absolute atomic E-state index is 0.0898. The number of likely N-dealkylation sites (N-methyl/N-ethyl adjacent to an activating group) is 1. The number of benzene rings is 3. The first-order valence-corrected chi connectivity index (χ1v) is 17.0. The molecule has 9 heteroatoms. The summed E-state index contributed by atoms with van der Waals surface area (Å²) in [5, 5.41) is 8.79. The van der Waals surface area contributed by atoms with E-state index in [4.69, 9.17) is 20.6 Å². The Morgan fingerprint density at radius 2 is 1.62 bits per heavy atom. The summed E-state index contributed by atoms with van der Waals surface area (Å²) in [6, 6.07) is 27.0. The van der Waals surface area contributed by atoms with Crippen LogP contribution in [0.2, 0.25) is 0 Å². The number of piperazine rings is 1. The lowest BCUT2D eigenvalue weighted by Crippen LogP contribution is -2.49. The first-order valence-electron chi connectivity index (χ1n) is 16.2. The fourth-order valence-electron chi connectivity index (χ4n) is 6.34. The van der Waals surface area contributed by atoms with Crippen molar-refractivity contribution in [1.29, 1.82) is 0 Å². The van der Waals surface area contributed by atoms with Crippen LogP contribution in [-0.2, 0) is 14.9 Å². The van der Waals surface area contributed by atoms with E-state index in [-0.39, 0.29) is 17.9 Å². The molecule has 2 atom stereocenters. The molecule has 1 saturated carbocycles. The molecule has 45 heavy (non-hydrogen) atoms. The first kappa shape index (κ1) is 33.2. The molecule has 2 fully saturated rings. The summed E-state index contributed by atoms with van der Waals surface area (Å²) in [5.74, 6) is 1.63. The molecule has 240 valence electrons. The lowest BCUT2D eigenvalue weighted by atomic mass is 9.91. The van der Waals surface area contributed by atoms with Crippen molar-refractivity contribution in [1.82, 2.24) is 14.7 Å². The van der Waals surface area contributed by atoms with Crippen molar-refractivity contribution >= 4 is 29.2 Å². The fraction of sp³-hybridized carbons (Fsp3) is 0.444. The normalized spacial score (nSPS) is 20.6. The quantitative estimate of drug-likeness (QED) is 0.316. The Hall–Kier alpha value is -3.21. The second-order valence-electron chi connectivity index (χ2n) is 11.6. The van der Waals surface area contributed by atoms with Crippen LogP contribution in [0.3, 0.4) is 0 Å². The predicted molar refractivity (Wildman–Crippen MR) is 182 cm³/mol. The van der Waals surface area contributed by atoms with E-state index in [1.54, 1.807) is 11.8 Å². The van der Waals surface area contributed by atoms with Gasteiger partial charge in [-0.1, -0.05) is 72.4 Å². The zero-order valence-electron chi connectivity index (χ0n) is 26.6. The average molecular weight is 630 g/mol. The smallest absolute Gasteiger partial charge is 0.233 e. The molecule has 0 aromatic heterocycles. The van der Waals surface area contributed by atoms with Gasteiger partial charge < -0.3 is 25.4 Å². The Kier molecular flexibility index (Phi) is 11.7. The molecular formula is C36H47N5O3S. The maximum atomic E-state index is 12.7. The lowest BCUT2D eigenvalue weighted by molar-refractivity contribution is -0.134. The van der Waals surface area contributed by atoms with Gasteiger partial charge >= 0.3 is 0 Å². The van der Waals surface area contributed by atoms with E-state index in [0.717, 1.165) is 69.3 Å². The van der Waals surface area contributed by atoms with Crippen molar-refractivity contribution in [3.8, 4) is 0 Å². The van der Waals surface area contributed by atoms with Gasteiger partial charge in [0.05, 0.1) is 30.9 Å². The SMILES string of the molecule is CCN(CC)C(=O)[C@]1(c2ccccc2)C[C@@H]1CN.OCCOCCN1CCN(C2=Nc3ccccc3Sc3ccccc32)CC1. The predicted octanol–water partition coefficient (Wildman–Crippen LogP) is 4.63. The van der Waals surface area contributed by atoms with Crippen LogP contribution in [0, 0.1) is 5.92 Å². The van der Waals surface area contributed by atoms with Crippen LogP contribution in [0.5, 0.6) is 0 Å². The third-order valence-corrected chi connectivity index (χ3v) is 10.2. The molecule has 2 aliphatic heterocycles.